The molecule has 0 aromatic heterocycles. The Bertz CT molecular complexity index is 799. The predicted molar refractivity (Wildman–Crippen MR) is 77.9 cm³/mol. The van der Waals surface area contributed by atoms with E-state index in [-0.39, 0.29) is 16.9 Å². The number of benzene rings is 2. The van der Waals surface area contributed by atoms with Crippen LogP contribution >= 0.6 is 0 Å². The second-order valence-corrected chi connectivity index (χ2v) is 4.51. The van der Waals surface area contributed by atoms with Gasteiger partial charge in [0.1, 0.15) is 5.75 Å². The first-order valence-corrected chi connectivity index (χ1v) is 6.42. The third-order valence-electron chi connectivity index (χ3n) is 3.04. The summed E-state index contributed by atoms with van der Waals surface area (Å²) in [5.41, 5.74) is -0.212. The van der Waals surface area contributed by atoms with Crippen LogP contribution in [0, 0.1) is 11.8 Å². The Balaban J connectivity index is 2.58. The molecule has 3 nitrogen and oxygen atoms in total. The molecule has 0 aliphatic rings. The second-order valence-electron chi connectivity index (χ2n) is 4.51. The average molecular weight is 320 g/mol. The largest absolute Gasteiger partial charge is 0.496 e. The van der Waals surface area contributed by atoms with Gasteiger partial charge in [0, 0.05) is 17.0 Å². The fourth-order valence-electron chi connectivity index (χ4n) is 2.08. The van der Waals surface area contributed by atoms with E-state index in [1.54, 1.807) is 0 Å². The van der Waals surface area contributed by atoms with E-state index in [4.69, 9.17) is 9.84 Å². The molecule has 0 aliphatic carbocycles. The molecular formula is C17H11F3O3. The van der Waals surface area contributed by atoms with Gasteiger partial charge in [0.2, 0.25) is 0 Å². The summed E-state index contributed by atoms with van der Waals surface area (Å²) in [5.74, 6) is 3.21. The van der Waals surface area contributed by atoms with Crippen LogP contribution in [0.1, 0.15) is 11.1 Å². The van der Waals surface area contributed by atoms with E-state index in [0.29, 0.717) is 5.56 Å². The predicted octanol–water partition coefficient (Wildman–Crippen LogP) is 3.82. The van der Waals surface area contributed by atoms with Crippen molar-refractivity contribution in [1.29, 1.82) is 0 Å². The van der Waals surface area contributed by atoms with Crippen LogP contribution in [0.3, 0.4) is 0 Å². The Morgan fingerprint density at radius 2 is 1.83 bits per heavy atom. The number of alkyl halides is 3. The zero-order valence-electron chi connectivity index (χ0n) is 11.9. The van der Waals surface area contributed by atoms with Crippen molar-refractivity contribution in [3.05, 3.63) is 53.6 Å². The van der Waals surface area contributed by atoms with Crippen LogP contribution in [0.2, 0.25) is 0 Å². The van der Waals surface area contributed by atoms with Crippen LogP contribution in [0.25, 0.3) is 11.1 Å². The first kappa shape index (κ1) is 16.4. The lowest BCUT2D eigenvalue weighted by Crippen LogP contribution is -2.07. The number of carbonyl (C=O) groups is 1. The molecule has 0 radical (unpaired) electrons. The molecule has 1 N–H and O–H groups in total. The maximum atomic E-state index is 13.1. The SMILES string of the molecule is COc1cc(C#CC(=O)O)ccc1-c1ccccc1C(F)(F)F. The number of carboxylic acids is 1. The van der Waals surface area contributed by atoms with Gasteiger partial charge in [0.25, 0.3) is 0 Å². The van der Waals surface area contributed by atoms with Gasteiger partial charge in [-0.2, -0.15) is 13.2 Å². The van der Waals surface area contributed by atoms with Gasteiger partial charge in [-0.3, -0.25) is 0 Å². The van der Waals surface area contributed by atoms with Gasteiger partial charge in [-0.1, -0.05) is 24.1 Å². The highest BCUT2D eigenvalue weighted by Crippen LogP contribution is 2.40. The van der Waals surface area contributed by atoms with Crippen molar-refractivity contribution >= 4 is 5.97 Å². The average Bonchev–Trinajstić information content (AvgIpc) is 2.51. The number of methoxy groups -OCH3 is 1. The summed E-state index contributed by atoms with van der Waals surface area (Å²) >= 11 is 0. The molecule has 0 fully saturated rings. The molecule has 118 valence electrons. The van der Waals surface area contributed by atoms with E-state index in [1.807, 2.05) is 5.92 Å². The first-order valence-electron chi connectivity index (χ1n) is 6.42. The summed E-state index contributed by atoms with van der Waals surface area (Å²) in [6, 6.07) is 9.43. The Kier molecular flexibility index (Phi) is 4.60. The van der Waals surface area contributed by atoms with E-state index in [9.17, 15) is 18.0 Å². The molecule has 0 atom stereocenters. The maximum absolute atomic E-state index is 13.1. The van der Waals surface area contributed by atoms with Gasteiger partial charge in [0.05, 0.1) is 12.7 Å². The molecule has 0 spiro atoms. The standard InChI is InChI=1S/C17H11F3O3/c1-23-15-10-11(7-9-16(21)22)6-8-13(15)12-4-2-3-5-14(12)17(18,19)20/h2-6,8,10H,1H3,(H,21,22). The normalized spacial score (nSPS) is 10.6. The molecule has 2 rings (SSSR count). The lowest BCUT2D eigenvalue weighted by Gasteiger charge is -2.15. The lowest BCUT2D eigenvalue weighted by atomic mass is 9.97. The molecule has 0 bridgehead atoms. The number of halogens is 3. The maximum Gasteiger partial charge on any atom is 0.417 e. The van der Waals surface area contributed by atoms with Crippen LogP contribution < -0.4 is 4.74 Å². The zero-order chi connectivity index (χ0) is 17.0. The van der Waals surface area contributed by atoms with Crippen molar-refractivity contribution in [1.82, 2.24) is 0 Å². The van der Waals surface area contributed by atoms with Crippen molar-refractivity contribution in [2.24, 2.45) is 0 Å². The van der Waals surface area contributed by atoms with Crippen molar-refractivity contribution in [3.8, 4) is 28.7 Å². The Morgan fingerprint density at radius 3 is 2.43 bits per heavy atom. The van der Waals surface area contributed by atoms with Crippen molar-refractivity contribution < 1.29 is 27.8 Å². The van der Waals surface area contributed by atoms with Gasteiger partial charge in [-0.25, -0.2) is 4.79 Å². The molecule has 0 saturated heterocycles. The molecule has 0 saturated carbocycles. The summed E-state index contributed by atoms with van der Waals surface area (Å²) in [4.78, 5) is 10.4. The molecule has 0 heterocycles. The van der Waals surface area contributed by atoms with Crippen LogP contribution in [0.4, 0.5) is 13.2 Å². The third kappa shape index (κ3) is 3.83. The zero-order valence-corrected chi connectivity index (χ0v) is 11.9. The highest BCUT2D eigenvalue weighted by molar-refractivity contribution is 5.87. The number of aliphatic carboxylic acids is 1. The smallest absolute Gasteiger partial charge is 0.417 e. The number of hydrogen-bond donors (Lipinski definition) is 1. The Hall–Kier alpha value is -2.94. The van der Waals surface area contributed by atoms with E-state index >= 15 is 0 Å². The Morgan fingerprint density at radius 1 is 1.13 bits per heavy atom. The molecule has 23 heavy (non-hydrogen) atoms. The second kappa shape index (κ2) is 6.44. The minimum Gasteiger partial charge on any atom is -0.496 e. The van der Waals surface area contributed by atoms with Crippen molar-refractivity contribution in [2.75, 3.05) is 7.11 Å². The number of rotatable bonds is 2. The minimum atomic E-state index is -4.50. The van der Waals surface area contributed by atoms with Crippen LogP contribution in [0.15, 0.2) is 42.5 Å². The quantitative estimate of drug-likeness (QED) is 0.856. The fraction of sp³-hybridized carbons (Fsp3) is 0.118. The van der Waals surface area contributed by atoms with Crippen LogP contribution in [-0.2, 0) is 11.0 Å². The summed E-state index contributed by atoms with van der Waals surface area (Å²) in [5, 5.41) is 8.53. The van der Waals surface area contributed by atoms with Crippen molar-refractivity contribution in [2.45, 2.75) is 6.18 Å². The monoisotopic (exact) mass is 320 g/mol. The van der Waals surface area contributed by atoms with Crippen LogP contribution in [0.5, 0.6) is 5.75 Å². The number of hydrogen-bond acceptors (Lipinski definition) is 2. The fourth-order valence-corrected chi connectivity index (χ4v) is 2.08. The van der Waals surface area contributed by atoms with Gasteiger partial charge in [-0.05, 0) is 29.8 Å². The Labute approximate surface area is 130 Å². The number of ether oxygens (including phenoxy) is 1. The first-order chi connectivity index (χ1) is 10.8. The molecule has 0 aliphatic heterocycles. The molecule has 2 aromatic carbocycles. The molecular weight excluding hydrogens is 309 g/mol. The van der Waals surface area contributed by atoms with Crippen LogP contribution in [-0.4, -0.2) is 18.2 Å². The lowest BCUT2D eigenvalue weighted by molar-refractivity contribution is -0.137. The van der Waals surface area contributed by atoms with Crippen molar-refractivity contribution in [3.63, 3.8) is 0 Å². The molecule has 6 heteroatoms. The van der Waals surface area contributed by atoms with E-state index in [1.165, 1.54) is 43.5 Å². The van der Waals surface area contributed by atoms with Gasteiger partial charge in [-0.15, -0.1) is 0 Å². The van der Waals surface area contributed by atoms with Gasteiger partial charge >= 0.3 is 12.1 Å². The molecule has 0 amide bonds. The highest BCUT2D eigenvalue weighted by Gasteiger charge is 2.33. The highest BCUT2D eigenvalue weighted by atomic mass is 19.4. The third-order valence-corrected chi connectivity index (χ3v) is 3.04. The summed E-state index contributed by atoms with van der Waals surface area (Å²) in [6.07, 6.45) is -4.50. The number of carboxylic acid groups (broad SMARTS) is 1. The molecule has 2 aromatic rings. The van der Waals surface area contributed by atoms with Gasteiger partial charge < -0.3 is 9.84 Å². The van der Waals surface area contributed by atoms with E-state index in [2.05, 4.69) is 5.92 Å². The van der Waals surface area contributed by atoms with E-state index in [0.717, 1.165) is 6.07 Å². The summed E-state index contributed by atoms with van der Waals surface area (Å²) in [7, 11) is 1.32. The van der Waals surface area contributed by atoms with E-state index < -0.39 is 17.7 Å². The molecule has 0 unspecified atom stereocenters. The summed E-state index contributed by atoms with van der Waals surface area (Å²) < 4.78 is 44.5. The topological polar surface area (TPSA) is 46.5 Å². The minimum absolute atomic E-state index is 0.0189. The van der Waals surface area contributed by atoms with Gasteiger partial charge in [0.15, 0.2) is 0 Å². The summed E-state index contributed by atoms with van der Waals surface area (Å²) in [6.45, 7) is 0.